The summed E-state index contributed by atoms with van der Waals surface area (Å²) in [6, 6.07) is 3.77. The number of hydrogen-bond acceptors (Lipinski definition) is 3. The van der Waals surface area contributed by atoms with Crippen LogP contribution >= 0.6 is 0 Å². The van der Waals surface area contributed by atoms with Crippen molar-refractivity contribution in [3.8, 4) is 11.8 Å². The molecule has 0 bridgehead atoms. The normalized spacial score (nSPS) is 9.76. The first-order valence-corrected chi connectivity index (χ1v) is 6.41. The minimum atomic E-state index is -0.657. The summed E-state index contributed by atoms with van der Waals surface area (Å²) in [7, 11) is 0. The van der Waals surface area contributed by atoms with E-state index in [1.165, 1.54) is 12.1 Å². The van der Waals surface area contributed by atoms with Gasteiger partial charge >= 0.3 is 0 Å². The largest absolute Gasteiger partial charge is 0.384 e. The van der Waals surface area contributed by atoms with Gasteiger partial charge in [0.25, 0.3) is 5.91 Å². The van der Waals surface area contributed by atoms with Crippen LogP contribution in [-0.4, -0.2) is 36.1 Å². The maximum atomic E-state index is 13.7. The fraction of sp³-hybridized carbons (Fsp3) is 0.333. The van der Waals surface area contributed by atoms with Crippen molar-refractivity contribution in [3.63, 3.8) is 0 Å². The van der Waals surface area contributed by atoms with E-state index < -0.39 is 11.7 Å². The van der Waals surface area contributed by atoms with Gasteiger partial charge in [0.1, 0.15) is 12.4 Å². The number of nitrogens with one attached hydrogen (secondary N) is 2. The minimum absolute atomic E-state index is 0.0174. The zero-order valence-electron chi connectivity index (χ0n) is 11.9. The number of rotatable bonds is 4. The van der Waals surface area contributed by atoms with Crippen LogP contribution in [-0.2, 0) is 4.79 Å². The highest BCUT2D eigenvalue weighted by atomic mass is 19.1. The number of halogens is 1. The molecule has 0 aliphatic heterocycles. The van der Waals surface area contributed by atoms with Crippen LogP contribution in [0.15, 0.2) is 18.2 Å². The molecule has 0 spiro atoms. The standard InChI is InChI=1S/C15H17FN2O3/c1-10(2)18-14(20)9-17-15(21)12-6-5-11(4-3-7-19)13(16)8-12/h5-6,8,10,19H,7,9H2,1-2H3,(H,17,21)(H,18,20). The zero-order valence-corrected chi connectivity index (χ0v) is 11.9. The van der Waals surface area contributed by atoms with E-state index >= 15 is 0 Å². The molecule has 0 radical (unpaired) electrons. The lowest BCUT2D eigenvalue weighted by atomic mass is 10.1. The predicted octanol–water partition coefficient (Wildman–Crippen LogP) is 0.424. The Morgan fingerprint density at radius 2 is 2.10 bits per heavy atom. The Morgan fingerprint density at radius 3 is 2.67 bits per heavy atom. The molecule has 0 aliphatic carbocycles. The van der Waals surface area contributed by atoms with Gasteiger partial charge in [-0.25, -0.2) is 4.39 Å². The molecule has 112 valence electrons. The van der Waals surface area contributed by atoms with Crippen LogP contribution in [0.3, 0.4) is 0 Å². The number of carbonyl (C=O) groups is 2. The first-order valence-electron chi connectivity index (χ1n) is 6.41. The van der Waals surface area contributed by atoms with Crippen molar-refractivity contribution >= 4 is 11.8 Å². The van der Waals surface area contributed by atoms with Crippen LogP contribution in [0, 0.1) is 17.7 Å². The van der Waals surface area contributed by atoms with Gasteiger partial charge in [0.05, 0.1) is 12.1 Å². The van der Waals surface area contributed by atoms with Crippen LogP contribution in [0.1, 0.15) is 29.8 Å². The topological polar surface area (TPSA) is 78.4 Å². The summed E-state index contributed by atoms with van der Waals surface area (Å²) in [5.74, 6) is 3.23. The zero-order chi connectivity index (χ0) is 15.8. The highest BCUT2D eigenvalue weighted by Crippen LogP contribution is 2.09. The van der Waals surface area contributed by atoms with E-state index in [1.807, 2.05) is 0 Å². The molecule has 0 saturated carbocycles. The fourth-order valence-corrected chi connectivity index (χ4v) is 1.53. The molecule has 1 aromatic carbocycles. The molecule has 1 rings (SSSR count). The van der Waals surface area contributed by atoms with Gasteiger partial charge in [-0.15, -0.1) is 0 Å². The minimum Gasteiger partial charge on any atom is -0.384 e. The summed E-state index contributed by atoms with van der Waals surface area (Å²) in [4.78, 5) is 23.2. The fourth-order valence-electron chi connectivity index (χ4n) is 1.53. The molecular formula is C15H17FN2O3. The highest BCUT2D eigenvalue weighted by Gasteiger charge is 2.10. The molecule has 6 heteroatoms. The second kappa shape index (κ2) is 8.02. The molecule has 0 aliphatic rings. The van der Waals surface area contributed by atoms with Crippen LogP contribution in [0.25, 0.3) is 0 Å². The molecule has 0 atom stereocenters. The van der Waals surface area contributed by atoms with E-state index in [-0.39, 0.29) is 36.2 Å². The number of hydrogen-bond donors (Lipinski definition) is 3. The van der Waals surface area contributed by atoms with Crippen LogP contribution in [0.2, 0.25) is 0 Å². The third kappa shape index (κ3) is 5.63. The third-order valence-corrected chi connectivity index (χ3v) is 2.39. The van der Waals surface area contributed by atoms with Gasteiger partial charge in [0.2, 0.25) is 5.91 Å². The van der Waals surface area contributed by atoms with Crippen LogP contribution in [0.4, 0.5) is 4.39 Å². The Balaban J connectivity index is 2.67. The molecule has 0 fully saturated rings. The number of carbonyl (C=O) groups excluding carboxylic acids is 2. The first-order chi connectivity index (χ1) is 9.93. The lowest BCUT2D eigenvalue weighted by molar-refractivity contribution is -0.120. The lowest BCUT2D eigenvalue weighted by Gasteiger charge is -2.09. The van der Waals surface area contributed by atoms with E-state index in [9.17, 15) is 14.0 Å². The van der Waals surface area contributed by atoms with Crippen molar-refractivity contribution in [1.82, 2.24) is 10.6 Å². The number of benzene rings is 1. The Morgan fingerprint density at radius 1 is 1.38 bits per heavy atom. The quantitative estimate of drug-likeness (QED) is 0.704. The van der Waals surface area contributed by atoms with Crippen molar-refractivity contribution in [2.24, 2.45) is 0 Å². The van der Waals surface area contributed by atoms with E-state index in [2.05, 4.69) is 22.5 Å². The van der Waals surface area contributed by atoms with Crippen molar-refractivity contribution in [2.45, 2.75) is 19.9 Å². The predicted molar refractivity (Wildman–Crippen MR) is 76.0 cm³/mol. The molecule has 5 nitrogen and oxygen atoms in total. The van der Waals surface area contributed by atoms with E-state index in [0.29, 0.717) is 0 Å². The smallest absolute Gasteiger partial charge is 0.251 e. The number of aliphatic hydroxyl groups excluding tert-OH is 1. The summed E-state index contributed by atoms with van der Waals surface area (Å²) in [6.07, 6.45) is 0. The molecule has 0 unspecified atom stereocenters. The molecule has 0 saturated heterocycles. The van der Waals surface area contributed by atoms with Gasteiger partial charge in [-0.05, 0) is 32.0 Å². The monoisotopic (exact) mass is 292 g/mol. The maximum Gasteiger partial charge on any atom is 0.251 e. The molecule has 1 aromatic rings. The van der Waals surface area contributed by atoms with Crippen molar-refractivity contribution in [1.29, 1.82) is 0 Å². The average molecular weight is 292 g/mol. The van der Waals surface area contributed by atoms with E-state index in [4.69, 9.17) is 5.11 Å². The lowest BCUT2D eigenvalue weighted by Crippen LogP contribution is -2.39. The van der Waals surface area contributed by atoms with E-state index in [0.717, 1.165) is 6.07 Å². The Labute approximate surface area is 122 Å². The Kier molecular flexibility index (Phi) is 6.37. The number of amides is 2. The second-order valence-electron chi connectivity index (χ2n) is 4.56. The van der Waals surface area contributed by atoms with E-state index in [1.54, 1.807) is 13.8 Å². The Bertz CT molecular complexity index is 588. The highest BCUT2D eigenvalue weighted by molar-refractivity contribution is 5.96. The first kappa shape index (κ1) is 16.7. The average Bonchev–Trinajstić information content (AvgIpc) is 2.42. The summed E-state index contributed by atoms with van der Waals surface area (Å²) >= 11 is 0. The van der Waals surface area contributed by atoms with Crippen LogP contribution < -0.4 is 10.6 Å². The maximum absolute atomic E-state index is 13.7. The van der Waals surface area contributed by atoms with Crippen molar-refractivity contribution in [3.05, 3.63) is 35.1 Å². The van der Waals surface area contributed by atoms with Gasteiger partial charge in [-0.2, -0.15) is 0 Å². The summed E-state index contributed by atoms with van der Waals surface area (Å²) in [5, 5.41) is 13.6. The third-order valence-electron chi connectivity index (χ3n) is 2.39. The number of aliphatic hydroxyl groups is 1. The van der Waals surface area contributed by atoms with Gasteiger partial charge in [-0.1, -0.05) is 11.8 Å². The van der Waals surface area contributed by atoms with Gasteiger partial charge < -0.3 is 15.7 Å². The van der Waals surface area contributed by atoms with Gasteiger partial charge in [0, 0.05) is 11.6 Å². The Hall–Kier alpha value is -2.39. The van der Waals surface area contributed by atoms with Crippen molar-refractivity contribution in [2.75, 3.05) is 13.2 Å². The summed E-state index contributed by atoms with van der Waals surface area (Å²) in [6.45, 7) is 3.07. The van der Waals surface area contributed by atoms with Gasteiger partial charge in [-0.3, -0.25) is 9.59 Å². The van der Waals surface area contributed by atoms with Crippen LogP contribution in [0.5, 0.6) is 0 Å². The SMILES string of the molecule is CC(C)NC(=O)CNC(=O)c1ccc(C#CCO)c(F)c1. The molecule has 21 heavy (non-hydrogen) atoms. The van der Waals surface area contributed by atoms with Crippen molar-refractivity contribution < 1.29 is 19.1 Å². The molecule has 0 aromatic heterocycles. The molecule has 3 N–H and O–H groups in total. The summed E-state index contributed by atoms with van der Waals surface area (Å²) < 4.78 is 13.7. The van der Waals surface area contributed by atoms with Gasteiger partial charge in [0.15, 0.2) is 0 Å². The molecule has 2 amide bonds. The summed E-state index contributed by atoms with van der Waals surface area (Å²) in [5.41, 5.74) is 0.192. The molecular weight excluding hydrogens is 275 g/mol. The second-order valence-corrected chi connectivity index (χ2v) is 4.56. The molecule has 0 heterocycles.